The number of oxime groups is 1. The number of amides is 2. The molecule has 1 saturated heterocycles. The van der Waals surface area contributed by atoms with Crippen LogP contribution in [0.1, 0.15) is 5.82 Å². The highest BCUT2D eigenvalue weighted by Gasteiger charge is 2.54. The molecule has 1 unspecified atom stereocenters. The number of nitrogens with zero attached hydrogens (tertiary/aromatic N) is 8. The van der Waals surface area contributed by atoms with Crippen molar-refractivity contribution in [2.45, 2.75) is 29.3 Å². The van der Waals surface area contributed by atoms with Crippen molar-refractivity contribution < 1.29 is 37.5 Å². The molecule has 2 aliphatic rings. The fraction of sp³-hybridized carbons (Fsp3) is 0.471. The zero-order valence-corrected chi connectivity index (χ0v) is 21.8. The largest absolute Gasteiger partial charge is 0.477 e. The number of nitrogens with one attached hydrogen (secondary N) is 1. The number of alkyl halides is 3. The minimum Gasteiger partial charge on any atom is -0.477 e. The molecule has 2 atom stereocenters. The molecule has 0 radical (unpaired) electrons. The van der Waals surface area contributed by atoms with E-state index >= 15 is 0 Å². The number of carbonyl (C=O) groups is 3. The standard InChI is InChI=1S/C17H18F3N11O5S3/c18-17(19,20)5-36-26-7(10-24-15(22)39-27-10)11(32)23-8-12(33)31-9(14(34)35)6(3-37-13(8)31)4-38-16-25-28-29-30(16)2-1-21/h8,13H,1-5,21H2,(H,23,32)(H,34,35)(H2,22,24,27)/t8?,13-/m0/s1. The van der Waals surface area contributed by atoms with Crippen molar-refractivity contribution in [3.05, 3.63) is 17.1 Å². The lowest BCUT2D eigenvalue weighted by Gasteiger charge is -2.49. The molecule has 2 aliphatic heterocycles. The monoisotopic (exact) mass is 609 g/mol. The van der Waals surface area contributed by atoms with Crippen LogP contribution < -0.4 is 16.8 Å². The number of hydrogen-bond acceptors (Lipinski definition) is 15. The van der Waals surface area contributed by atoms with E-state index in [1.807, 2.05) is 0 Å². The van der Waals surface area contributed by atoms with Gasteiger partial charge < -0.3 is 26.7 Å². The van der Waals surface area contributed by atoms with E-state index in [0.29, 0.717) is 35.4 Å². The number of carboxylic acid groups (broad SMARTS) is 1. The van der Waals surface area contributed by atoms with Crippen LogP contribution in [0, 0.1) is 0 Å². The van der Waals surface area contributed by atoms with Gasteiger partial charge in [0.25, 0.3) is 11.8 Å². The third-order valence-corrected chi connectivity index (χ3v) is 7.93. The molecule has 2 amide bonds. The van der Waals surface area contributed by atoms with Gasteiger partial charge in [0, 0.05) is 29.6 Å². The molecule has 0 spiro atoms. The van der Waals surface area contributed by atoms with Crippen LogP contribution in [0.15, 0.2) is 21.6 Å². The van der Waals surface area contributed by atoms with Crippen LogP contribution in [0.5, 0.6) is 0 Å². The number of carbonyl (C=O) groups excluding carboxylic acids is 2. The average molecular weight is 610 g/mol. The summed E-state index contributed by atoms with van der Waals surface area (Å²) in [7, 11) is 0. The number of nitrogen functional groups attached to an aromatic ring is 1. The summed E-state index contributed by atoms with van der Waals surface area (Å²) in [6.07, 6.45) is -4.73. The molecule has 0 aromatic carbocycles. The molecular weight excluding hydrogens is 591 g/mol. The lowest BCUT2D eigenvalue weighted by atomic mass is 10.0. The van der Waals surface area contributed by atoms with Gasteiger partial charge in [-0.05, 0) is 16.0 Å². The quantitative estimate of drug-likeness (QED) is 0.102. The number of nitrogens with two attached hydrogens (primary N) is 2. The Balaban J connectivity index is 1.48. The van der Waals surface area contributed by atoms with E-state index in [4.69, 9.17) is 11.5 Å². The highest BCUT2D eigenvalue weighted by molar-refractivity contribution is 8.01. The van der Waals surface area contributed by atoms with Crippen LogP contribution in [0.25, 0.3) is 0 Å². The van der Waals surface area contributed by atoms with Crippen molar-refractivity contribution in [1.29, 1.82) is 0 Å². The van der Waals surface area contributed by atoms with Crippen molar-refractivity contribution in [3.63, 3.8) is 0 Å². The van der Waals surface area contributed by atoms with Crippen molar-refractivity contribution in [3.8, 4) is 0 Å². The van der Waals surface area contributed by atoms with Crippen molar-refractivity contribution in [2.75, 3.05) is 30.4 Å². The minimum absolute atomic E-state index is 0.0891. The van der Waals surface area contributed by atoms with E-state index in [9.17, 15) is 32.7 Å². The first-order valence-corrected chi connectivity index (χ1v) is 13.5. The number of β-lactam (4-membered cyclic amide) rings is 1. The van der Waals surface area contributed by atoms with E-state index < -0.39 is 53.5 Å². The molecule has 0 aliphatic carbocycles. The molecule has 0 saturated carbocycles. The maximum Gasteiger partial charge on any atom is 0.425 e. The van der Waals surface area contributed by atoms with Crippen molar-refractivity contribution in [2.24, 2.45) is 10.9 Å². The third kappa shape index (κ3) is 6.39. The number of halogens is 3. The first kappa shape index (κ1) is 28.5. The van der Waals surface area contributed by atoms with Crippen LogP contribution >= 0.6 is 35.1 Å². The molecule has 2 aromatic heterocycles. The summed E-state index contributed by atoms with van der Waals surface area (Å²) in [4.78, 5) is 46.9. The smallest absolute Gasteiger partial charge is 0.425 e. The molecule has 4 rings (SSSR count). The van der Waals surface area contributed by atoms with Gasteiger partial charge in [-0.25, -0.2) is 9.48 Å². The van der Waals surface area contributed by atoms with Crippen molar-refractivity contribution in [1.82, 2.24) is 39.8 Å². The van der Waals surface area contributed by atoms with Crippen LogP contribution in [0.2, 0.25) is 0 Å². The maximum absolute atomic E-state index is 12.9. The number of carboxylic acids is 1. The first-order chi connectivity index (χ1) is 18.5. The minimum atomic E-state index is -4.73. The number of tetrazole rings is 1. The molecule has 0 bridgehead atoms. The van der Waals surface area contributed by atoms with Crippen LogP contribution in [-0.2, 0) is 25.8 Å². The van der Waals surface area contributed by atoms with Crippen molar-refractivity contribution >= 4 is 63.7 Å². The number of aromatic nitrogens is 6. The van der Waals surface area contributed by atoms with Crippen LogP contribution in [0.3, 0.4) is 0 Å². The number of anilines is 1. The summed E-state index contributed by atoms with van der Waals surface area (Å²) >= 11 is 3.02. The summed E-state index contributed by atoms with van der Waals surface area (Å²) in [5.74, 6) is -3.23. The fourth-order valence-electron chi connectivity index (χ4n) is 3.40. The highest BCUT2D eigenvalue weighted by atomic mass is 32.2. The molecular formula is C17H18F3N11O5S3. The molecule has 2 aromatic rings. The van der Waals surface area contributed by atoms with Gasteiger partial charge in [-0.2, -0.15) is 22.5 Å². The number of fused-ring (bicyclic) bond motifs is 1. The molecule has 4 heterocycles. The molecule has 22 heteroatoms. The van der Waals surface area contributed by atoms with E-state index in [1.165, 1.54) is 28.2 Å². The van der Waals surface area contributed by atoms with Gasteiger partial charge in [-0.3, -0.25) is 14.5 Å². The zero-order valence-electron chi connectivity index (χ0n) is 19.4. The zero-order chi connectivity index (χ0) is 28.3. The Morgan fingerprint density at radius 1 is 1.36 bits per heavy atom. The number of thioether (sulfide) groups is 2. The summed E-state index contributed by atoms with van der Waals surface area (Å²) in [5.41, 5.74) is 10.5. The molecule has 39 heavy (non-hydrogen) atoms. The lowest BCUT2D eigenvalue weighted by Crippen LogP contribution is -2.71. The number of rotatable bonds is 11. The topological polar surface area (TPSA) is 230 Å². The van der Waals surface area contributed by atoms with Gasteiger partial charge in [-0.15, -0.1) is 16.9 Å². The Kier molecular flexibility index (Phi) is 8.56. The SMILES string of the molecule is NCCn1nnnc1SCC1=C(C(=O)O)N2C(=O)C(NC(=O)C(=NOCC(F)(F)F)c3nsc(N)n3)[C@@H]2SC1. The maximum atomic E-state index is 12.9. The summed E-state index contributed by atoms with van der Waals surface area (Å²) in [6, 6.07) is -1.20. The van der Waals surface area contributed by atoms with Gasteiger partial charge in [0.15, 0.2) is 5.13 Å². The Morgan fingerprint density at radius 2 is 2.13 bits per heavy atom. The fourth-order valence-corrected chi connectivity index (χ4v) is 6.23. The van der Waals surface area contributed by atoms with E-state index in [-0.39, 0.29) is 22.3 Å². The predicted molar refractivity (Wildman–Crippen MR) is 130 cm³/mol. The van der Waals surface area contributed by atoms with Gasteiger partial charge >= 0.3 is 12.1 Å². The Labute approximate surface area is 228 Å². The van der Waals surface area contributed by atoms with Gasteiger partial charge in [0.2, 0.25) is 23.3 Å². The summed E-state index contributed by atoms with van der Waals surface area (Å²) in [6.45, 7) is -1.13. The van der Waals surface area contributed by atoms with E-state index in [2.05, 4.69) is 40.2 Å². The summed E-state index contributed by atoms with van der Waals surface area (Å²) in [5, 5.41) is 26.2. The van der Waals surface area contributed by atoms with Gasteiger partial charge in [-0.1, -0.05) is 16.9 Å². The molecule has 1 fully saturated rings. The molecule has 210 valence electrons. The van der Waals surface area contributed by atoms with E-state index in [1.54, 1.807) is 0 Å². The van der Waals surface area contributed by atoms with E-state index in [0.717, 1.165) is 4.90 Å². The number of hydrogen-bond donors (Lipinski definition) is 4. The summed E-state index contributed by atoms with van der Waals surface area (Å²) < 4.78 is 42.7. The normalized spacial score (nSPS) is 19.5. The Morgan fingerprint density at radius 3 is 2.77 bits per heavy atom. The second kappa shape index (κ2) is 11.7. The first-order valence-electron chi connectivity index (χ1n) is 10.7. The van der Waals surface area contributed by atoms with Gasteiger partial charge in [0.1, 0.15) is 17.1 Å². The second-order valence-electron chi connectivity index (χ2n) is 7.66. The Hall–Kier alpha value is -3.50. The predicted octanol–water partition coefficient (Wildman–Crippen LogP) is -1.12. The molecule has 16 nitrogen and oxygen atoms in total. The Bertz CT molecular complexity index is 1330. The third-order valence-electron chi connectivity index (χ3n) is 5.00. The van der Waals surface area contributed by atoms with Crippen LogP contribution in [-0.4, -0.2) is 105 Å². The van der Waals surface area contributed by atoms with Gasteiger partial charge in [0.05, 0.1) is 6.54 Å². The average Bonchev–Trinajstić information content (AvgIpc) is 3.51. The highest BCUT2D eigenvalue weighted by Crippen LogP contribution is 2.41. The van der Waals surface area contributed by atoms with Crippen LogP contribution in [0.4, 0.5) is 18.3 Å². The number of aliphatic carboxylic acids is 1. The molecule has 6 N–H and O–H groups in total. The second-order valence-corrected chi connectivity index (χ2v) is 10.5. The lowest BCUT2D eigenvalue weighted by molar-refractivity contribution is -0.174.